The van der Waals surface area contributed by atoms with Crippen molar-refractivity contribution in [3.63, 3.8) is 0 Å². The topological polar surface area (TPSA) is 61.9 Å². The quantitative estimate of drug-likeness (QED) is 0.832. The van der Waals surface area contributed by atoms with Gasteiger partial charge in [-0.1, -0.05) is 0 Å². The minimum atomic E-state index is -0.173. The van der Waals surface area contributed by atoms with E-state index in [1.54, 1.807) is 0 Å². The van der Waals surface area contributed by atoms with Gasteiger partial charge in [0, 0.05) is 30.6 Å². The lowest BCUT2D eigenvalue weighted by molar-refractivity contribution is -0.129. The zero-order valence-corrected chi connectivity index (χ0v) is 16.5. The number of likely N-dealkylation sites (tertiary alicyclic amines) is 2. The molecule has 1 saturated carbocycles. The number of piperidine rings is 1. The number of hydrogen-bond acceptors (Lipinski definition) is 4. The molecule has 0 radical (unpaired) electrons. The lowest BCUT2D eigenvalue weighted by Gasteiger charge is -2.42. The molecule has 3 rings (SSSR count). The Morgan fingerprint density at radius 3 is 2.38 bits per heavy atom. The molecule has 2 aliphatic heterocycles. The first-order valence-electron chi connectivity index (χ1n) is 10.5. The number of hydrogen-bond donors (Lipinski definition) is 1. The fraction of sp³-hybridized carbons (Fsp3) is 0.900. The summed E-state index contributed by atoms with van der Waals surface area (Å²) in [6.45, 7) is 8.04. The maximum Gasteiger partial charge on any atom is 0.409 e. The average molecular weight is 366 g/mol. The smallest absolute Gasteiger partial charge is 0.409 e. The second-order valence-corrected chi connectivity index (χ2v) is 8.48. The Balaban J connectivity index is 1.43. The van der Waals surface area contributed by atoms with Crippen LogP contribution in [0.2, 0.25) is 0 Å². The largest absolute Gasteiger partial charge is 0.450 e. The molecule has 3 fully saturated rings. The Labute approximate surface area is 157 Å². The molecule has 0 aromatic heterocycles. The van der Waals surface area contributed by atoms with Crippen LogP contribution in [0.15, 0.2) is 0 Å². The third-order valence-electron chi connectivity index (χ3n) is 6.52. The molecule has 6 nitrogen and oxygen atoms in total. The second-order valence-electron chi connectivity index (χ2n) is 8.48. The third kappa shape index (κ3) is 4.70. The molecule has 2 amide bonds. The van der Waals surface area contributed by atoms with E-state index in [-0.39, 0.29) is 23.5 Å². The summed E-state index contributed by atoms with van der Waals surface area (Å²) in [4.78, 5) is 28.9. The van der Waals surface area contributed by atoms with Gasteiger partial charge in [-0.2, -0.15) is 0 Å². The summed E-state index contributed by atoms with van der Waals surface area (Å²) in [6.07, 6.45) is 8.39. The molecule has 1 aliphatic carbocycles. The fourth-order valence-electron chi connectivity index (χ4n) is 4.60. The molecule has 1 atom stereocenters. The molecule has 1 unspecified atom stereocenters. The molecule has 2 saturated heterocycles. The predicted molar refractivity (Wildman–Crippen MR) is 101 cm³/mol. The first kappa shape index (κ1) is 19.5. The summed E-state index contributed by atoms with van der Waals surface area (Å²) in [5.41, 5.74) is 0.0616. The number of carbonyl (C=O) groups is 2. The molecule has 0 aromatic carbocycles. The van der Waals surface area contributed by atoms with Crippen molar-refractivity contribution in [1.82, 2.24) is 15.1 Å². The molecule has 1 N–H and O–H groups in total. The zero-order chi connectivity index (χ0) is 18.6. The van der Waals surface area contributed by atoms with Gasteiger partial charge in [0.05, 0.1) is 6.61 Å². The lowest BCUT2D eigenvalue weighted by atomic mass is 9.78. The Bertz CT molecular complexity index is 499. The maximum absolute atomic E-state index is 12.5. The Morgan fingerprint density at radius 1 is 1.04 bits per heavy atom. The van der Waals surface area contributed by atoms with Crippen LogP contribution in [-0.4, -0.2) is 66.2 Å². The van der Waals surface area contributed by atoms with E-state index in [0.29, 0.717) is 12.6 Å². The Morgan fingerprint density at radius 2 is 1.77 bits per heavy atom. The monoisotopic (exact) mass is 365 g/mol. The van der Waals surface area contributed by atoms with Crippen LogP contribution >= 0.6 is 0 Å². The minimum Gasteiger partial charge on any atom is -0.450 e. The van der Waals surface area contributed by atoms with E-state index in [4.69, 9.17) is 4.74 Å². The van der Waals surface area contributed by atoms with E-state index >= 15 is 0 Å². The number of rotatable bonds is 4. The fourth-order valence-corrected chi connectivity index (χ4v) is 4.60. The van der Waals surface area contributed by atoms with Crippen LogP contribution in [0.5, 0.6) is 0 Å². The highest BCUT2D eigenvalue weighted by Gasteiger charge is 2.36. The second kappa shape index (κ2) is 8.59. The molecular formula is C20H35N3O3. The Hall–Kier alpha value is -1.30. The molecule has 0 bridgehead atoms. The summed E-state index contributed by atoms with van der Waals surface area (Å²) in [5, 5.41) is 3.28. The van der Waals surface area contributed by atoms with Crippen molar-refractivity contribution < 1.29 is 14.3 Å². The van der Waals surface area contributed by atoms with Crippen LogP contribution in [-0.2, 0) is 9.53 Å². The van der Waals surface area contributed by atoms with Crippen LogP contribution in [0.25, 0.3) is 0 Å². The van der Waals surface area contributed by atoms with Gasteiger partial charge in [0.1, 0.15) is 0 Å². The summed E-state index contributed by atoms with van der Waals surface area (Å²) >= 11 is 0. The minimum absolute atomic E-state index is 0.0616. The van der Waals surface area contributed by atoms with E-state index in [2.05, 4.69) is 17.1 Å². The molecule has 3 aliphatic rings. The lowest BCUT2D eigenvalue weighted by Crippen LogP contribution is -2.54. The first-order chi connectivity index (χ1) is 12.5. The SMILES string of the molecule is CCOC(=O)N1CCCC(N2CCC(C(=O)NC3(C)CCC3)CC2)CC1. The molecule has 26 heavy (non-hydrogen) atoms. The van der Waals surface area contributed by atoms with Crippen LogP contribution in [0.3, 0.4) is 0 Å². The van der Waals surface area contributed by atoms with Crippen molar-refractivity contribution in [3.05, 3.63) is 0 Å². The summed E-state index contributed by atoms with van der Waals surface area (Å²) in [6, 6.07) is 0.530. The van der Waals surface area contributed by atoms with E-state index in [1.165, 1.54) is 6.42 Å². The van der Waals surface area contributed by atoms with Crippen LogP contribution in [0.1, 0.15) is 65.2 Å². The number of nitrogens with zero attached hydrogens (tertiary/aromatic N) is 2. The highest BCUT2D eigenvalue weighted by molar-refractivity contribution is 5.79. The van der Waals surface area contributed by atoms with Gasteiger partial charge in [-0.05, 0) is 78.3 Å². The molecule has 2 heterocycles. The predicted octanol–water partition coefficient (Wildman–Crippen LogP) is 2.77. The van der Waals surface area contributed by atoms with Crippen molar-refractivity contribution in [1.29, 1.82) is 0 Å². The Kier molecular flexibility index (Phi) is 6.43. The van der Waals surface area contributed by atoms with E-state index in [1.807, 2.05) is 11.8 Å². The van der Waals surface area contributed by atoms with Gasteiger partial charge in [-0.15, -0.1) is 0 Å². The van der Waals surface area contributed by atoms with Crippen molar-refractivity contribution >= 4 is 12.0 Å². The molecule has 6 heteroatoms. The molecule has 148 valence electrons. The highest BCUT2D eigenvalue weighted by atomic mass is 16.6. The highest BCUT2D eigenvalue weighted by Crippen LogP contribution is 2.32. The van der Waals surface area contributed by atoms with E-state index in [0.717, 1.165) is 71.1 Å². The van der Waals surface area contributed by atoms with Gasteiger partial charge in [0.15, 0.2) is 0 Å². The number of ether oxygens (including phenoxy) is 1. The van der Waals surface area contributed by atoms with Gasteiger partial charge in [0.2, 0.25) is 5.91 Å². The molecular weight excluding hydrogens is 330 g/mol. The number of carbonyl (C=O) groups excluding carboxylic acids is 2. The van der Waals surface area contributed by atoms with Gasteiger partial charge in [-0.25, -0.2) is 4.79 Å². The maximum atomic E-state index is 12.5. The van der Waals surface area contributed by atoms with Crippen molar-refractivity contribution in [2.75, 3.05) is 32.8 Å². The summed E-state index contributed by atoms with van der Waals surface area (Å²) in [7, 11) is 0. The normalized spacial score (nSPS) is 27.3. The van der Waals surface area contributed by atoms with Crippen molar-refractivity contribution in [2.24, 2.45) is 5.92 Å². The van der Waals surface area contributed by atoms with Gasteiger partial charge in [0.25, 0.3) is 0 Å². The number of nitrogens with one attached hydrogen (secondary N) is 1. The van der Waals surface area contributed by atoms with Gasteiger partial charge >= 0.3 is 6.09 Å². The molecule has 0 aromatic rings. The average Bonchev–Trinajstić information content (AvgIpc) is 2.87. The van der Waals surface area contributed by atoms with Crippen LogP contribution < -0.4 is 5.32 Å². The summed E-state index contributed by atoms with van der Waals surface area (Å²) in [5.74, 6) is 0.437. The van der Waals surface area contributed by atoms with Gasteiger partial charge in [-0.3, -0.25) is 4.79 Å². The number of amides is 2. The zero-order valence-electron chi connectivity index (χ0n) is 16.5. The third-order valence-corrected chi connectivity index (χ3v) is 6.52. The summed E-state index contributed by atoms with van der Waals surface area (Å²) < 4.78 is 5.14. The van der Waals surface area contributed by atoms with Crippen molar-refractivity contribution in [3.8, 4) is 0 Å². The van der Waals surface area contributed by atoms with Crippen molar-refractivity contribution in [2.45, 2.75) is 76.8 Å². The van der Waals surface area contributed by atoms with Crippen LogP contribution in [0, 0.1) is 5.92 Å². The van der Waals surface area contributed by atoms with Gasteiger partial charge < -0.3 is 19.9 Å². The first-order valence-corrected chi connectivity index (χ1v) is 10.5. The molecule has 0 spiro atoms. The van der Waals surface area contributed by atoms with E-state index < -0.39 is 0 Å². The van der Waals surface area contributed by atoms with Crippen LogP contribution in [0.4, 0.5) is 4.79 Å². The standard InChI is InChI=1S/C20H35N3O3/c1-3-26-19(25)23-12-4-6-17(9-15-23)22-13-7-16(8-14-22)18(24)21-20(2)10-5-11-20/h16-17H,3-15H2,1-2H3,(H,21,24). The van der Waals surface area contributed by atoms with E-state index in [9.17, 15) is 9.59 Å².